The van der Waals surface area contributed by atoms with E-state index in [1.54, 1.807) is 12.1 Å². The van der Waals surface area contributed by atoms with Crippen LogP contribution in [0.1, 0.15) is 129 Å². The number of carbonyl (C=O) groups excluding carboxylic acids is 1. The number of anilines is 1. The van der Waals surface area contributed by atoms with Gasteiger partial charge in [0.25, 0.3) is 5.91 Å². The van der Waals surface area contributed by atoms with Gasteiger partial charge in [-0.15, -0.1) is 23.4 Å². The number of amides is 1. The van der Waals surface area contributed by atoms with Gasteiger partial charge in [0.1, 0.15) is 22.5 Å². The van der Waals surface area contributed by atoms with Gasteiger partial charge in [-0.2, -0.15) is 0 Å². The van der Waals surface area contributed by atoms with E-state index in [1.165, 1.54) is 93.8 Å². The number of benzene rings is 2. The van der Waals surface area contributed by atoms with Crippen LogP contribution in [0.25, 0.3) is 0 Å². The summed E-state index contributed by atoms with van der Waals surface area (Å²) in [6.45, 7) is 7.06. The van der Waals surface area contributed by atoms with Gasteiger partial charge in [0, 0.05) is 16.6 Å². The van der Waals surface area contributed by atoms with E-state index in [-0.39, 0.29) is 32.9 Å². The molecule has 1 saturated carbocycles. The fourth-order valence-corrected chi connectivity index (χ4v) is 9.89. The Labute approximate surface area is 330 Å². The summed E-state index contributed by atoms with van der Waals surface area (Å²) in [5.74, 6) is 1.08. The van der Waals surface area contributed by atoms with E-state index < -0.39 is 5.25 Å². The molecule has 1 aliphatic carbocycles. The molecule has 1 amide bonds. The van der Waals surface area contributed by atoms with E-state index in [0.717, 1.165) is 48.3 Å². The zero-order valence-electron chi connectivity index (χ0n) is 30.6. The van der Waals surface area contributed by atoms with Crippen LogP contribution in [0.4, 0.5) is 5.69 Å². The number of thioether (sulfide) groups is 1. The third-order valence-corrected chi connectivity index (χ3v) is 13.1. The molecule has 1 spiro atoms. The summed E-state index contributed by atoms with van der Waals surface area (Å²) < 4.78 is 6.18. The molecular weight excluding hydrogens is 742 g/mol. The largest absolute Gasteiger partial charge is 0.492 e. The predicted octanol–water partition coefficient (Wildman–Crippen LogP) is 12.1. The average molecular weight is 799 g/mol. The van der Waals surface area contributed by atoms with Crippen molar-refractivity contribution in [2.75, 3.05) is 11.6 Å². The quantitative estimate of drug-likeness (QED) is 0.0793. The molecule has 0 aromatic heterocycles. The molecule has 2 saturated heterocycles. The first-order valence-corrected chi connectivity index (χ1v) is 21.8. The number of aryl methyl sites for hydroxylation is 1. The molecule has 11 heteroatoms. The minimum atomic E-state index is -0.677. The average Bonchev–Trinajstić information content (AvgIpc) is 3.68. The van der Waals surface area contributed by atoms with Crippen LogP contribution >= 0.6 is 58.2 Å². The van der Waals surface area contributed by atoms with E-state index in [1.807, 2.05) is 19.1 Å². The molecule has 282 valence electrons. The number of carbonyl (C=O) groups is 1. The second-order valence-electron chi connectivity index (χ2n) is 14.7. The van der Waals surface area contributed by atoms with Gasteiger partial charge in [0.2, 0.25) is 0 Å². The molecule has 51 heavy (non-hydrogen) atoms. The smallest absolute Gasteiger partial charge is 0.267 e. The van der Waals surface area contributed by atoms with Gasteiger partial charge >= 0.3 is 0 Å². The minimum absolute atomic E-state index is 0.0726. The number of amidine groups is 1. The zero-order chi connectivity index (χ0) is 36.4. The lowest BCUT2D eigenvalue weighted by atomic mass is 9.81. The summed E-state index contributed by atoms with van der Waals surface area (Å²) in [4.78, 5) is 20.4. The maximum atomic E-state index is 14.3. The highest BCUT2D eigenvalue weighted by Gasteiger charge is 2.56. The maximum absolute atomic E-state index is 14.3. The molecular formula is C40H56Cl4N4O2S. The van der Waals surface area contributed by atoms with Crippen molar-refractivity contribution in [2.24, 2.45) is 4.99 Å². The number of ether oxygens (including phenoxy) is 1. The Morgan fingerprint density at radius 2 is 1.57 bits per heavy atom. The topological polar surface area (TPSA) is 75.9 Å². The number of alkyl halides is 1. The van der Waals surface area contributed by atoms with Crippen molar-refractivity contribution in [1.29, 1.82) is 0 Å². The zero-order valence-corrected chi connectivity index (χ0v) is 34.4. The van der Waals surface area contributed by atoms with Crippen molar-refractivity contribution in [1.82, 2.24) is 10.7 Å². The van der Waals surface area contributed by atoms with Crippen molar-refractivity contribution < 1.29 is 9.53 Å². The molecule has 0 radical (unpaired) electrons. The summed E-state index contributed by atoms with van der Waals surface area (Å²) in [6.07, 6.45) is 20.8. The molecule has 3 fully saturated rings. The fourth-order valence-electron chi connectivity index (χ4n) is 7.47. The first kappa shape index (κ1) is 40.8. The molecule has 6 nitrogen and oxygen atoms in total. The predicted molar refractivity (Wildman–Crippen MR) is 219 cm³/mol. The van der Waals surface area contributed by atoms with Crippen LogP contribution in [-0.2, 0) is 4.79 Å². The van der Waals surface area contributed by atoms with E-state index in [2.05, 4.69) is 30.7 Å². The van der Waals surface area contributed by atoms with Gasteiger partial charge in [0.15, 0.2) is 0 Å². The van der Waals surface area contributed by atoms with Gasteiger partial charge in [-0.3, -0.25) is 15.2 Å². The lowest BCUT2D eigenvalue weighted by Gasteiger charge is -2.31. The Morgan fingerprint density at radius 1 is 0.922 bits per heavy atom. The maximum Gasteiger partial charge on any atom is 0.267 e. The van der Waals surface area contributed by atoms with Crippen LogP contribution < -0.4 is 20.5 Å². The van der Waals surface area contributed by atoms with E-state index in [0.29, 0.717) is 29.2 Å². The van der Waals surface area contributed by atoms with Crippen LogP contribution in [0.2, 0.25) is 15.1 Å². The number of hydrogen-bond acceptors (Lipinski definition) is 5. The van der Waals surface area contributed by atoms with Crippen LogP contribution in [0.5, 0.6) is 5.75 Å². The number of unbranched alkanes of at least 4 members (excludes halogenated alkanes) is 11. The second kappa shape index (κ2) is 19.8. The number of hydrogen-bond donors (Lipinski definition) is 2. The monoisotopic (exact) mass is 796 g/mol. The number of nitrogens with one attached hydrogen (secondary N) is 2. The molecule has 5 unspecified atom stereocenters. The highest BCUT2D eigenvalue weighted by molar-refractivity contribution is 8.01. The Bertz CT molecular complexity index is 1470. The minimum Gasteiger partial charge on any atom is -0.492 e. The molecule has 2 aromatic rings. The summed E-state index contributed by atoms with van der Waals surface area (Å²) in [6, 6.07) is 9.61. The molecule has 2 aliphatic heterocycles. The molecule has 5 atom stereocenters. The van der Waals surface area contributed by atoms with Crippen molar-refractivity contribution in [2.45, 2.75) is 163 Å². The number of halogens is 4. The van der Waals surface area contributed by atoms with Gasteiger partial charge in [0.05, 0.1) is 33.0 Å². The van der Waals surface area contributed by atoms with Crippen LogP contribution in [0, 0.1) is 6.92 Å². The Balaban J connectivity index is 1.26. The molecule has 2 N–H and O–H groups in total. The van der Waals surface area contributed by atoms with Crippen molar-refractivity contribution in [3.05, 3.63) is 51.0 Å². The van der Waals surface area contributed by atoms with Crippen LogP contribution in [0.15, 0.2) is 40.2 Å². The van der Waals surface area contributed by atoms with Crippen molar-refractivity contribution >= 4 is 75.6 Å². The normalized spacial score (nSPS) is 25.2. The van der Waals surface area contributed by atoms with Gasteiger partial charge in [-0.1, -0.05) is 132 Å². The molecule has 3 aliphatic rings. The summed E-state index contributed by atoms with van der Waals surface area (Å²) >= 11 is 28.0. The van der Waals surface area contributed by atoms with E-state index >= 15 is 0 Å². The van der Waals surface area contributed by atoms with Gasteiger partial charge in [-0.05, 0) is 68.9 Å². The van der Waals surface area contributed by atoms with Crippen molar-refractivity contribution in [3.63, 3.8) is 0 Å². The third kappa shape index (κ3) is 11.1. The highest BCUT2D eigenvalue weighted by atomic mass is 35.5. The van der Waals surface area contributed by atoms with Crippen molar-refractivity contribution in [3.8, 4) is 5.75 Å². The Kier molecular flexibility index (Phi) is 15.9. The highest BCUT2D eigenvalue weighted by Crippen LogP contribution is 2.46. The summed E-state index contributed by atoms with van der Waals surface area (Å²) in [7, 11) is 0. The SMILES string of the molecule is CCCCCCCCCCCCCC1NC12CCC(Cl)C(N=C1NN(c3c(Cl)cc(Cl)cc3Cl)C(=O)C1Sc1cc(C)ccc1OCCCC)C2. The number of hydrazine groups is 1. The molecule has 2 heterocycles. The van der Waals surface area contributed by atoms with Crippen LogP contribution in [0.3, 0.4) is 0 Å². The van der Waals surface area contributed by atoms with Gasteiger partial charge in [-0.25, -0.2) is 5.01 Å². The molecule has 0 bridgehead atoms. The molecule has 2 aromatic carbocycles. The van der Waals surface area contributed by atoms with E-state index in [9.17, 15) is 4.79 Å². The fraction of sp³-hybridized carbons (Fsp3) is 0.650. The summed E-state index contributed by atoms with van der Waals surface area (Å²) in [5, 5.41) is 5.41. The van der Waals surface area contributed by atoms with E-state index in [4.69, 9.17) is 56.1 Å². The lowest BCUT2D eigenvalue weighted by molar-refractivity contribution is -0.116. The van der Waals surface area contributed by atoms with Gasteiger partial charge < -0.3 is 10.1 Å². The number of rotatable bonds is 20. The first-order chi connectivity index (χ1) is 24.7. The number of nitrogens with zero attached hydrogens (tertiary/aromatic N) is 2. The summed E-state index contributed by atoms with van der Waals surface area (Å²) in [5.41, 5.74) is 4.80. The standard InChI is InChI=1S/C40H56Cl4N4O2S/c1-4-6-8-9-10-11-12-13-14-15-16-17-35-40(46-35)21-20-29(42)32(26-40)45-38-37(51-34-23-27(3)18-19-33(34)50-22-7-5-2)39(49)48(47-38)36-30(43)24-28(41)25-31(36)44/h18-19,23-25,29,32,35,37,46H,4-17,20-22,26H2,1-3H3,(H,45,47). The second-order valence-corrected chi connectivity index (χ2v) is 17.6. The first-order valence-electron chi connectivity index (χ1n) is 19.3. The third-order valence-electron chi connectivity index (χ3n) is 10.5. The Hall–Kier alpha value is -1.35. The molecule has 5 rings (SSSR count). The Morgan fingerprint density at radius 3 is 2.24 bits per heavy atom. The number of aliphatic imine (C=N–C) groups is 1. The lowest BCUT2D eigenvalue weighted by Crippen LogP contribution is -2.40. The van der Waals surface area contributed by atoms with Crippen LogP contribution in [-0.4, -0.2) is 46.6 Å².